The fourth-order valence-corrected chi connectivity index (χ4v) is 3.55. The van der Waals surface area contributed by atoms with E-state index in [1.807, 2.05) is 12.1 Å². The number of aromatic hydroxyl groups is 1. The molecule has 2 aromatic carbocycles. The summed E-state index contributed by atoms with van der Waals surface area (Å²) in [5, 5.41) is 13.2. The number of benzene rings is 2. The van der Waals surface area contributed by atoms with Gasteiger partial charge in [-0.2, -0.15) is 0 Å². The zero-order chi connectivity index (χ0) is 20.5. The van der Waals surface area contributed by atoms with Gasteiger partial charge in [-0.05, 0) is 36.6 Å². The molecule has 164 valence electrons. The van der Waals surface area contributed by atoms with Crippen molar-refractivity contribution in [3.63, 3.8) is 0 Å². The molecule has 1 aliphatic heterocycles. The second-order valence-electron chi connectivity index (χ2n) is 7.24. The van der Waals surface area contributed by atoms with Crippen molar-refractivity contribution < 1.29 is 9.84 Å². The van der Waals surface area contributed by atoms with Crippen LogP contribution >= 0.6 is 24.0 Å². The number of halogens is 1. The topological polar surface area (TPSA) is 60.3 Å². The van der Waals surface area contributed by atoms with Gasteiger partial charge in [0.15, 0.2) is 17.5 Å². The molecule has 1 fully saturated rings. The van der Waals surface area contributed by atoms with Gasteiger partial charge in [0.25, 0.3) is 0 Å². The number of hydrogen-bond acceptors (Lipinski definition) is 4. The maximum absolute atomic E-state index is 9.73. The average Bonchev–Trinajstić information content (AvgIpc) is 2.75. The molecule has 2 N–H and O–H groups in total. The van der Waals surface area contributed by atoms with Crippen molar-refractivity contribution in [3.05, 3.63) is 59.7 Å². The van der Waals surface area contributed by atoms with Crippen molar-refractivity contribution in [3.8, 4) is 11.5 Å². The first kappa shape index (κ1) is 24.3. The van der Waals surface area contributed by atoms with Crippen LogP contribution < -0.4 is 10.1 Å². The molecule has 6 nitrogen and oxygen atoms in total. The van der Waals surface area contributed by atoms with Crippen LogP contribution in [0.1, 0.15) is 18.1 Å². The van der Waals surface area contributed by atoms with Crippen LogP contribution in [0.4, 0.5) is 0 Å². The van der Waals surface area contributed by atoms with E-state index >= 15 is 0 Å². The maximum Gasteiger partial charge on any atom is 0.194 e. The van der Waals surface area contributed by atoms with Crippen LogP contribution in [0.5, 0.6) is 11.5 Å². The molecule has 7 heteroatoms. The smallest absolute Gasteiger partial charge is 0.194 e. The zero-order valence-corrected chi connectivity index (χ0v) is 20.2. The van der Waals surface area contributed by atoms with Gasteiger partial charge in [0.1, 0.15) is 0 Å². The van der Waals surface area contributed by atoms with Crippen LogP contribution in [0.2, 0.25) is 0 Å². The Morgan fingerprint density at radius 1 is 1.07 bits per heavy atom. The number of nitrogens with zero attached hydrogens (tertiary/aromatic N) is 3. The van der Waals surface area contributed by atoms with Crippen molar-refractivity contribution in [2.75, 3.05) is 46.4 Å². The van der Waals surface area contributed by atoms with Crippen molar-refractivity contribution in [2.45, 2.75) is 19.9 Å². The van der Waals surface area contributed by atoms with Crippen LogP contribution in [0.25, 0.3) is 0 Å². The summed E-state index contributed by atoms with van der Waals surface area (Å²) in [4.78, 5) is 9.68. The van der Waals surface area contributed by atoms with E-state index in [1.165, 1.54) is 5.56 Å². The SMILES string of the molecule is CCNC(=NCCc1ccc(O)c(OC)c1)N1CCN(Cc2ccccc2)CC1.I. The van der Waals surface area contributed by atoms with Crippen molar-refractivity contribution in [2.24, 2.45) is 4.99 Å². The fraction of sp³-hybridized carbons (Fsp3) is 0.435. The minimum atomic E-state index is 0. The van der Waals surface area contributed by atoms with Crippen molar-refractivity contribution in [1.82, 2.24) is 15.1 Å². The molecule has 0 aromatic heterocycles. The third-order valence-electron chi connectivity index (χ3n) is 5.16. The van der Waals surface area contributed by atoms with Gasteiger partial charge in [0, 0.05) is 45.8 Å². The predicted molar refractivity (Wildman–Crippen MR) is 133 cm³/mol. The lowest BCUT2D eigenvalue weighted by Gasteiger charge is -2.36. The fourth-order valence-electron chi connectivity index (χ4n) is 3.55. The molecule has 0 atom stereocenters. The van der Waals surface area contributed by atoms with Gasteiger partial charge in [0.2, 0.25) is 0 Å². The molecule has 0 amide bonds. The van der Waals surface area contributed by atoms with E-state index in [-0.39, 0.29) is 29.7 Å². The molecule has 0 bridgehead atoms. The van der Waals surface area contributed by atoms with Gasteiger partial charge in [-0.3, -0.25) is 9.89 Å². The monoisotopic (exact) mass is 524 g/mol. The lowest BCUT2D eigenvalue weighted by molar-refractivity contribution is 0.172. The highest BCUT2D eigenvalue weighted by Crippen LogP contribution is 2.26. The summed E-state index contributed by atoms with van der Waals surface area (Å²) in [6.07, 6.45) is 0.805. The summed E-state index contributed by atoms with van der Waals surface area (Å²) < 4.78 is 5.19. The third kappa shape index (κ3) is 7.05. The molecule has 0 aliphatic carbocycles. The van der Waals surface area contributed by atoms with Gasteiger partial charge >= 0.3 is 0 Å². The number of methoxy groups -OCH3 is 1. The van der Waals surface area contributed by atoms with Gasteiger partial charge in [0.05, 0.1) is 7.11 Å². The zero-order valence-electron chi connectivity index (χ0n) is 17.9. The van der Waals surface area contributed by atoms with Gasteiger partial charge < -0.3 is 20.1 Å². The molecule has 1 saturated heterocycles. The van der Waals surface area contributed by atoms with Crippen molar-refractivity contribution in [1.29, 1.82) is 0 Å². The van der Waals surface area contributed by atoms with Crippen LogP contribution in [0, 0.1) is 0 Å². The molecule has 1 heterocycles. The molecule has 0 saturated carbocycles. The van der Waals surface area contributed by atoms with Gasteiger partial charge in [-0.15, -0.1) is 24.0 Å². The van der Waals surface area contributed by atoms with E-state index in [4.69, 9.17) is 9.73 Å². The summed E-state index contributed by atoms with van der Waals surface area (Å²) in [7, 11) is 1.57. The second kappa shape index (κ2) is 12.6. The van der Waals surface area contributed by atoms with Crippen molar-refractivity contribution >= 4 is 29.9 Å². The maximum atomic E-state index is 9.73. The first-order valence-electron chi connectivity index (χ1n) is 10.3. The lowest BCUT2D eigenvalue weighted by atomic mass is 10.1. The molecule has 0 radical (unpaired) electrons. The largest absolute Gasteiger partial charge is 0.504 e. The van der Waals surface area contributed by atoms with Crippen LogP contribution in [0.3, 0.4) is 0 Å². The Hall–Kier alpha value is -2.00. The first-order valence-corrected chi connectivity index (χ1v) is 10.3. The number of guanidine groups is 1. The number of hydrogen-bond donors (Lipinski definition) is 2. The average molecular weight is 524 g/mol. The summed E-state index contributed by atoms with van der Waals surface area (Å²) in [6.45, 7) is 8.69. The molecule has 0 unspecified atom stereocenters. The Balaban J connectivity index is 0.00000320. The molecule has 0 spiro atoms. The van der Waals surface area contributed by atoms with E-state index in [2.05, 4.69) is 52.4 Å². The van der Waals surface area contributed by atoms with E-state index in [1.54, 1.807) is 13.2 Å². The normalized spacial score (nSPS) is 14.9. The summed E-state index contributed by atoms with van der Waals surface area (Å²) >= 11 is 0. The minimum Gasteiger partial charge on any atom is -0.504 e. The summed E-state index contributed by atoms with van der Waals surface area (Å²) in [6, 6.07) is 16.1. The number of phenolic OH excluding ortho intramolecular Hbond substituents is 1. The number of rotatable bonds is 7. The summed E-state index contributed by atoms with van der Waals surface area (Å²) in [5.41, 5.74) is 2.47. The van der Waals surface area contributed by atoms with E-state index in [0.717, 1.165) is 57.2 Å². The predicted octanol–water partition coefficient (Wildman–Crippen LogP) is 3.34. The van der Waals surface area contributed by atoms with Gasteiger partial charge in [-0.1, -0.05) is 36.4 Å². The Morgan fingerprint density at radius 3 is 2.47 bits per heavy atom. The Labute approximate surface area is 197 Å². The number of phenols is 1. The standard InChI is InChI=1S/C23H32N4O2.HI/c1-3-24-23(25-12-11-19-9-10-21(28)22(17-19)29-2)27-15-13-26(14-16-27)18-20-7-5-4-6-8-20;/h4-10,17,28H,3,11-16,18H2,1-2H3,(H,24,25);1H. The van der Waals surface area contributed by atoms with Gasteiger partial charge in [-0.25, -0.2) is 0 Å². The molecular formula is C23H33IN4O2. The van der Waals surface area contributed by atoms with Crippen LogP contribution in [-0.4, -0.2) is 67.2 Å². The number of ether oxygens (including phenoxy) is 1. The summed E-state index contributed by atoms with van der Waals surface area (Å²) in [5.74, 6) is 1.66. The molecule has 2 aromatic rings. The van der Waals surface area contributed by atoms with E-state index in [0.29, 0.717) is 12.3 Å². The Bertz CT molecular complexity index is 793. The highest BCUT2D eigenvalue weighted by atomic mass is 127. The number of nitrogens with one attached hydrogen (secondary N) is 1. The first-order chi connectivity index (χ1) is 14.2. The lowest BCUT2D eigenvalue weighted by Crippen LogP contribution is -2.52. The van der Waals surface area contributed by atoms with E-state index in [9.17, 15) is 5.11 Å². The van der Waals surface area contributed by atoms with Crippen LogP contribution in [-0.2, 0) is 13.0 Å². The van der Waals surface area contributed by atoms with E-state index < -0.39 is 0 Å². The highest BCUT2D eigenvalue weighted by molar-refractivity contribution is 14.0. The Morgan fingerprint density at radius 2 is 1.80 bits per heavy atom. The third-order valence-corrected chi connectivity index (χ3v) is 5.16. The quantitative estimate of drug-likeness (QED) is 0.331. The van der Waals surface area contributed by atoms with Crippen LogP contribution in [0.15, 0.2) is 53.5 Å². The number of piperazine rings is 1. The Kier molecular flexibility index (Phi) is 10.2. The molecule has 1 aliphatic rings. The highest BCUT2D eigenvalue weighted by Gasteiger charge is 2.19. The molecular weight excluding hydrogens is 491 g/mol. The molecule has 30 heavy (non-hydrogen) atoms. The minimum absolute atomic E-state index is 0. The second-order valence-corrected chi connectivity index (χ2v) is 7.24. The number of aliphatic imine (C=N–C) groups is 1. The molecule has 3 rings (SSSR count).